The van der Waals surface area contributed by atoms with Gasteiger partial charge in [0.2, 0.25) is 10.0 Å². The maximum absolute atomic E-state index is 12.8. The predicted octanol–water partition coefficient (Wildman–Crippen LogP) is 1.08. The van der Waals surface area contributed by atoms with Gasteiger partial charge in [0.1, 0.15) is 0 Å². The van der Waals surface area contributed by atoms with E-state index >= 15 is 0 Å². The van der Waals surface area contributed by atoms with E-state index in [4.69, 9.17) is 9.84 Å². The summed E-state index contributed by atoms with van der Waals surface area (Å²) in [7, 11) is -2.35. The van der Waals surface area contributed by atoms with Gasteiger partial charge in [0.05, 0.1) is 11.4 Å². The molecule has 0 bridgehead atoms. The Morgan fingerprint density at radius 2 is 1.96 bits per heavy atom. The number of aliphatic carboxylic acids is 1. The van der Waals surface area contributed by atoms with Crippen molar-refractivity contribution < 1.29 is 27.9 Å². The number of nitrogens with zero attached hydrogens (tertiary/aromatic N) is 1. The van der Waals surface area contributed by atoms with Gasteiger partial charge in [0.25, 0.3) is 5.91 Å². The Hall–Kier alpha value is -1.97. The van der Waals surface area contributed by atoms with Gasteiger partial charge in [0, 0.05) is 25.3 Å². The minimum atomic E-state index is -3.59. The number of carbonyl (C=O) groups is 2. The molecule has 0 radical (unpaired) electrons. The number of carbonyl (C=O) groups excluding carboxylic acids is 1. The zero-order valence-corrected chi connectivity index (χ0v) is 15.7. The summed E-state index contributed by atoms with van der Waals surface area (Å²) in [6.07, 6.45) is 1.56. The first-order valence-electron chi connectivity index (χ1n) is 8.43. The molecule has 1 saturated heterocycles. The molecule has 0 spiro atoms. The standard InChI is InChI=1S/C17H24N2O6S/c1-12-5-3-4-10-19(12)26(23,24)14-8-6-13(7-9-14)16(20)18-11-15(25-2)17(21)22/h6-9,12,15H,3-5,10-11H2,1-2H3,(H,18,20)(H,21,22). The van der Waals surface area contributed by atoms with E-state index in [1.54, 1.807) is 0 Å². The molecule has 0 aliphatic carbocycles. The molecule has 0 aromatic heterocycles. The van der Waals surface area contributed by atoms with Crippen molar-refractivity contribution >= 4 is 21.9 Å². The normalized spacial score (nSPS) is 19.7. The molecule has 2 atom stereocenters. The molecule has 144 valence electrons. The smallest absolute Gasteiger partial charge is 0.334 e. The Labute approximate surface area is 153 Å². The van der Waals surface area contributed by atoms with Gasteiger partial charge in [-0.05, 0) is 44.0 Å². The van der Waals surface area contributed by atoms with Gasteiger partial charge in [0.15, 0.2) is 6.10 Å². The minimum absolute atomic E-state index is 0.0429. The summed E-state index contributed by atoms with van der Waals surface area (Å²) in [6, 6.07) is 5.59. The van der Waals surface area contributed by atoms with Crippen molar-refractivity contribution in [1.82, 2.24) is 9.62 Å². The first-order valence-corrected chi connectivity index (χ1v) is 9.87. The van der Waals surface area contributed by atoms with E-state index in [0.29, 0.717) is 6.54 Å². The molecule has 1 fully saturated rings. The number of sulfonamides is 1. The van der Waals surface area contributed by atoms with Gasteiger partial charge in [-0.3, -0.25) is 4.79 Å². The lowest BCUT2D eigenvalue weighted by molar-refractivity contribution is -0.148. The van der Waals surface area contributed by atoms with Crippen LogP contribution < -0.4 is 5.32 Å². The SMILES string of the molecule is COC(CNC(=O)c1ccc(S(=O)(=O)N2CCCCC2C)cc1)C(=O)O. The lowest BCUT2D eigenvalue weighted by Crippen LogP contribution is -2.41. The van der Waals surface area contributed by atoms with Gasteiger partial charge in [-0.25, -0.2) is 13.2 Å². The number of methoxy groups -OCH3 is 1. The molecule has 2 N–H and O–H groups in total. The number of hydrogen-bond donors (Lipinski definition) is 2. The number of carboxylic acids is 1. The van der Waals surface area contributed by atoms with Crippen molar-refractivity contribution in [2.75, 3.05) is 20.2 Å². The molecule has 1 aliphatic rings. The van der Waals surface area contributed by atoms with Crippen LogP contribution in [0.1, 0.15) is 36.5 Å². The van der Waals surface area contributed by atoms with Crippen LogP contribution in [0.25, 0.3) is 0 Å². The summed E-state index contributed by atoms with van der Waals surface area (Å²) in [5.41, 5.74) is 0.246. The monoisotopic (exact) mass is 384 g/mol. The molecule has 2 unspecified atom stereocenters. The minimum Gasteiger partial charge on any atom is -0.479 e. The molecule has 8 nitrogen and oxygen atoms in total. The quantitative estimate of drug-likeness (QED) is 0.727. The topological polar surface area (TPSA) is 113 Å². The largest absolute Gasteiger partial charge is 0.479 e. The molecule has 26 heavy (non-hydrogen) atoms. The van der Waals surface area contributed by atoms with E-state index in [0.717, 1.165) is 19.3 Å². The van der Waals surface area contributed by atoms with E-state index in [2.05, 4.69) is 5.32 Å². The maximum Gasteiger partial charge on any atom is 0.334 e. The van der Waals surface area contributed by atoms with Crippen LogP contribution in [0.3, 0.4) is 0 Å². The molecule has 0 saturated carbocycles. The maximum atomic E-state index is 12.8. The first kappa shape index (κ1) is 20.3. The second-order valence-corrected chi connectivity index (χ2v) is 8.15. The van der Waals surface area contributed by atoms with Gasteiger partial charge in [-0.15, -0.1) is 0 Å². The van der Waals surface area contributed by atoms with Crippen LogP contribution in [0.4, 0.5) is 0 Å². The van der Waals surface area contributed by atoms with Crippen LogP contribution in [0.5, 0.6) is 0 Å². The van der Waals surface area contributed by atoms with Gasteiger partial charge in [-0.1, -0.05) is 6.42 Å². The number of benzene rings is 1. The highest BCUT2D eigenvalue weighted by molar-refractivity contribution is 7.89. The number of nitrogens with one attached hydrogen (secondary N) is 1. The van der Waals surface area contributed by atoms with E-state index in [-0.39, 0.29) is 23.0 Å². The summed E-state index contributed by atoms with van der Waals surface area (Å²) >= 11 is 0. The number of amides is 1. The summed E-state index contributed by atoms with van der Waals surface area (Å²) in [6.45, 7) is 2.21. The Balaban J connectivity index is 2.07. The zero-order chi connectivity index (χ0) is 19.3. The second-order valence-electron chi connectivity index (χ2n) is 6.26. The van der Waals surface area contributed by atoms with Crippen molar-refractivity contribution in [2.45, 2.75) is 43.2 Å². The van der Waals surface area contributed by atoms with Crippen LogP contribution >= 0.6 is 0 Å². The Bertz CT molecular complexity index is 747. The van der Waals surface area contributed by atoms with Crippen molar-refractivity contribution in [2.24, 2.45) is 0 Å². The highest BCUT2D eigenvalue weighted by Crippen LogP contribution is 2.25. The average molecular weight is 384 g/mol. The molecule has 1 aliphatic heterocycles. The Kier molecular flexibility index (Phi) is 6.74. The molecule has 1 aromatic carbocycles. The summed E-state index contributed by atoms with van der Waals surface area (Å²) in [4.78, 5) is 23.1. The first-order chi connectivity index (χ1) is 12.3. The highest BCUT2D eigenvalue weighted by atomic mass is 32.2. The van der Waals surface area contributed by atoms with Crippen LogP contribution in [0.15, 0.2) is 29.2 Å². The number of carboxylic acid groups (broad SMARTS) is 1. The molecule has 9 heteroatoms. The van der Waals surface area contributed by atoms with Crippen molar-refractivity contribution in [1.29, 1.82) is 0 Å². The van der Waals surface area contributed by atoms with Crippen LogP contribution in [0, 0.1) is 0 Å². The molecule has 1 heterocycles. The lowest BCUT2D eigenvalue weighted by atomic mass is 10.1. The molecular weight excluding hydrogens is 360 g/mol. The molecular formula is C17H24N2O6S. The third-order valence-electron chi connectivity index (χ3n) is 4.47. The van der Waals surface area contributed by atoms with Gasteiger partial charge < -0.3 is 15.2 Å². The van der Waals surface area contributed by atoms with E-state index in [1.165, 1.54) is 35.7 Å². The van der Waals surface area contributed by atoms with Gasteiger partial charge >= 0.3 is 5.97 Å². The number of ether oxygens (including phenoxy) is 1. The number of rotatable bonds is 7. The number of piperidine rings is 1. The van der Waals surface area contributed by atoms with Crippen LogP contribution in [-0.2, 0) is 19.6 Å². The zero-order valence-electron chi connectivity index (χ0n) is 14.8. The number of hydrogen-bond acceptors (Lipinski definition) is 5. The molecule has 2 rings (SSSR count). The lowest BCUT2D eigenvalue weighted by Gasteiger charge is -2.32. The summed E-state index contributed by atoms with van der Waals surface area (Å²) in [5, 5.41) is 11.3. The summed E-state index contributed by atoms with van der Waals surface area (Å²) < 4.78 is 31.7. The molecule has 1 aromatic rings. The Morgan fingerprint density at radius 3 is 2.50 bits per heavy atom. The van der Waals surface area contributed by atoms with Crippen molar-refractivity contribution in [3.8, 4) is 0 Å². The second kappa shape index (κ2) is 8.61. The van der Waals surface area contributed by atoms with E-state index in [1.807, 2.05) is 6.92 Å². The van der Waals surface area contributed by atoms with E-state index in [9.17, 15) is 18.0 Å². The predicted molar refractivity (Wildman–Crippen MR) is 94.4 cm³/mol. The van der Waals surface area contributed by atoms with E-state index < -0.39 is 28.0 Å². The van der Waals surface area contributed by atoms with Gasteiger partial charge in [-0.2, -0.15) is 4.31 Å². The molecule has 1 amide bonds. The van der Waals surface area contributed by atoms with Crippen LogP contribution in [-0.4, -0.2) is 62.1 Å². The summed E-state index contributed by atoms with van der Waals surface area (Å²) in [5.74, 6) is -1.67. The fourth-order valence-corrected chi connectivity index (χ4v) is 4.60. The average Bonchev–Trinajstić information content (AvgIpc) is 2.62. The van der Waals surface area contributed by atoms with Crippen LogP contribution in [0.2, 0.25) is 0 Å². The van der Waals surface area contributed by atoms with Crippen molar-refractivity contribution in [3.63, 3.8) is 0 Å². The third kappa shape index (κ3) is 4.60. The van der Waals surface area contributed by atoms with Crippen molar-refractivity contribution in [3.05, 3.63) is 29.8 Å². The third-order valence-corrected chi connectivity index (χ3v) is 6.50. The Morgan fingerprint density at radius 1 is 1.31 bits per heavy atom. The highest BCUT2D eigenvalue weighted by Gasteiger charge is 2.31. The fourth-order valence-electron chi connectivity index (χ4n) is 2.90. The fraction of sp³-hybridized carbons (Fsp3) is 0.529.